The van der Waals surface area contributed by atoms with Crippen LogP contribution in [0.2, 0.25) is 0 Å². The van der Waals surface area contributed by atoms with Crippen LogP contribution in [-0.4, -0.2) is 55.1 Å². The Hall–Kier alpha value is -1.14. The van der Waals surface area contributed by atoms with Crippen LogP contribution < -0.4 is 11.1 Å². The first kappa shape index (κ1) is 15.9. The lowest BCUT2D eigenvalue weighted by atomic mass is 10.1. The third-order valence-corrected chi connectivity index (χ3v) is 2.34. The number of aliphatic carboxylic acids is 1. The van der Waals surface area contributed by atoms with E-state index >= 15 is 0 Å². The van der Waals surface area contributed by atoms with Crippen molar-refractivity contribution >= 4 is 11.9 Å². The standard InChI is InChI=1S/C11H23N3O3/c1-14(2)8-4-3-7-13-11(17)9(12)5-6-10(15)16/h9H,3-8,12H2,1-2H3,(H,13,17)(H,15,16). The van der Waals surface area contributed by atoms with E-state index < -0.39 is 12.0 Å². The minimum Gasteiger partial charge on any atom is -0.481 e. The molecular formula is C11H23N3O3. The van der Waals surface area contributed by atoms with Crippen molar-refractivity contribution in [2.75, 3.05) is 27.2 Å². The van der Waals surface area contributed by atoms with Crippen molar-refractivity contribution in [2.45, 2.75) is 31.7 Å². The molecule has 0 aliphatic rings. The molecule has 0 aromatic heterocycles. The van der Waals surface area contributed by atoms with Crippen LogP contribution in [0.5, 0.6) is 0 Å². The maximum atomic E-state index is 11.4. The van der Waals surface area contributed by atoms with Gasteiger partial charge in [-0.2, -0.15) is 0 Å². The predicted octanol–water partition coefficient (Wildman–Crippen LogP) is -0.363. The summed E-state index contributed by atoms with van der Waals surface area (Å²) in [6, 6.07) is -0.722. The largest absolute Gasteiger partial charge is 0.481 e. The SMILES string of the molecule is CN(C)CCCCNC(=O)C(N)CCC(=O)O. The van der Waals surface area contributed by atoms with Gasteiger partial charge in [-0.3, -0.25) is 9.59 Å². The van der Waals surface area contributed by atoms with E-state index in [9.17, 15) is 9.59 Å². The molecule has 0 saturated carbocycles. The van der Waals surface area contributed by atoms with Crippen molar-refractivity contribution in [1.29, 1.82) is 0 Å². The average Bonchev–Trinajstić information content (AvgIpc) is 2.24. The summed E-state index contributed by atoms with van der Waals surface area (Å²) >= 11 is 0. The summed E-state index contributed by atoms with van der Waals surface area (Å²) in [7, 11) is 4.00. The molecule has 0 aromatic carbocycles. The van der Waals surface area contributed by atoms with Crippen LogP contribution in [0.4, 0.5) is 0 Å². The molecule has 17 heavy (non-hydrogen) atoms. The smallest absolute Gasteiger partial charge is 0.303 e. The zero-order valence-corrected chi connectivity index (χ0v) is 10.6. The maximum Gasteiger partial charge on any atom is 0.303 e. The van der Waals surface area contributed by atoms with Crippen LogP contribution in [0.15, 0.2) is 0 Å². The molecule has 1 atom stereocenters. The van der Waals surface area contributed by atoms with Crippen LogP contribution in [-0.2, 0) is 9.59 Å². The number of nitrogens with zero attached hydrogens (tertiary/aromatic N) is 1. The normalized spacial score (nSPS) is 12.5. The van der Waals surface area contributed by atoms with Crippen LogP contribution in [0.25, 0.3) is 0 Å². The monoisotopic (exact) mass is 245 g/mol. The molecule has 0 saturated heterocycles. The Labute approximate surface area is 102 Å². The number of hydrogen-bond acceptors (Lipinski definition) is 4. The molecule has 0 aliphatic carbocycles. The van der Waals surface area contributed by atoms with Crippen LogP contribution in [0.3, 0.4) is 0 Å². The van der Waals surface area contributed by atoms with Crippen LogP contribution in [0, 0.1) is 0 Å². The summed E-state index contributed by atoms with van der Waals surface area (Å²) in [6.07, 6.45) is 2.02. The molecule has 0 aliphatic heterocycles. The van der Waals surface area contributed by atoms with E-state index in [2.05, 4.69) is 10.2 Å². The Morgan fingerprint density at radius 2 is 2.00 bits per heavy atom. The molecule has 100 valence electrons. The molecule has 0 spiro atoms. The van der Waals surface area contributed by atoms with Crippen molar-refractivity contribution in [3.63, 3.8) is 0 Å². The van der Waals surface area contributed by atoms with Gasteiger partial charge in [0.1, 0.15) is 0 Å². The Morgan fingerprint density at radius 1 is 1.35 bits per heavy atom. The fourth-order valence-electron chi connectivity index (χ4n) is 1.31. The predicted molar refractivity (Wildman–Crippen MR) is 65.6 cm³/mol. The summed E-state index contributed by atoms with van der Waals surface area (Å²) in [4.78, 5) is 23.8. The van der Waals surface area contributed by atoms with Crippen molar-refractivity contribution < 1.29 is 14.7 Å². The zero-order chi connectivity index (χ0) is 13.3. The first-order chi connectivity index (χ1) is 7.93. The van der Waals surface area contributed by atoms with Gasteiger partial charge in [-0.05, 0) is 39.9 Å². The number of carbonyl (C=O) groups is 2. The van der Waals surface area contributed by atoms with Gasteiger partial charge in [-0.1, -0.05) is 0 Å². The van der Waals surface area contributed by atoms with Gasteiger partial charge in [0.05, 0.1) is 6.04 Å². The summed E-state index contributed by atoms with van der Waals surface area (Å²) in [5.74, 6) is -1.20. The number of nitrogens with one attached hydrogen (secondary N) is 1. The van der Waals surface area contributed by atoms with E-state index in [1.165, 1.54) is 0 Å². The number of carbonyl (C=O) groups excluding carboxylic acids is 1. The van der Waals surface area contributed by atoms with Gasteiger partial charge in [0.15, 0.2) is 0 Å². The lowest BCUT2D eigenvalue weighted by Crippen LogP contribution is -2.41. The highest BCUT2D eigenvalue weighted by Crippen LogP contribution is 1.95. The zero-order valence-electron chi connectivity index (χ0n) is 10.6. The minimum absolute atomic E-state index is 0.0742. The molecule has 0 aromatic rings. The van der Waals surface area contributed by atoms with E-state index in [-0.39, 0.29) is 18.7 Å². The lowest BCUT2D eigenvalue weighted by Gasteiger charge is -2.12. The lowest BCUT2D eigenvalue weighted by molar-refractivity contribution is -0.137. The van der Waals surface area contributed by atoms with E-state index in [1.807, 2.05) is 14.1 Å². The molecule has 0 rings (SSSR count). The van der Waals surface area contributed by atoms with Crippen molar-refractivity contribution in [1.82, 2.24) is 10.2 Å². The highest BCUT2D eigenvalue weighted by Gasteiger charge is 2.13. The van der Waals surface area contributed by atoms with E-state index in [0.29, 0.717) is 6.54 Å². The highest BCUT2D eigenvalue weighted by molar-refractivity contribution is 5.82. The summed E-state index contributed by atoms with van der Waals surface area (Å²) in [5, 5.41) is 11.2. The number of amides is 1. The third kappa shape index (κ3) is 9.77. The van der Waals surface area contributed by atoms with Crippen LogP contribution in [0.1, 0.15) is 25.7 Å². The molecule has 1 unspecified atom stereocenters. The van der Waals surface area contributed by atoms with E-state index in [1.54, 1.807) is 0 Å². The molecular weight excluding hydrogens is 222 g/mol. The van der Waals surface area contributed by atoms with Crippen molar-refractivity contribution in [3.05, 3.63) is 0 Å². The number of carboxylic acids is 1. The van der Waals surface area contributed by atoms with E-state index in [4.69, 9.17) is 10.8 Å². The first-order valence-corrected chi connectivity index (χ1v) is 5.83. The van der Waals surface area contributed by atoms with Gasteiger partial charge in [0.2, 0.25) is 5.91 Å². The number of nitrogens with two attached hydrogens (primary N) is 1. The molecule has 4 N–H and O–H groups in total. The fraction of sp³-hybridized carbons (Fsp3) is 0.818. The average molecular weight is 245 g/mol. The summed E-state index contributed by atoms with van der Waals surface area (Å²) < 4.78 is 0. The van der Waals surface area contributed by atoms with Gasteiger partial charge in [-0.25, -0.2) is 0 Å². The highest BCUT2D eigenvalue weighted by atomic mass is 16.4. The molecule has 0 bridgehead atoms. The molecule has 0 radical (unpaired) electrons. The topological polar surface area (TPSA) is 95.7 Å². The minimum atomic E-state index is -0.931. The number of rotatable bonds is 9. The number of unbranched alkanes of at least 4 members (excludes halogenated alkanes) is 1. The fourth-order valence-corrected chi connectivity index (χ4v) is 1.31. The summed E-state index contributed by atoms with van der Waals surface area (Å²) in [6.45, 7) is 1.58. The molecule has 6 nitrogen and oxygen atoms in total. The second kappa shape index (κ2) is 8.95. The van der Waals surface area contributed by atoms with Crippen molar-refractivity contribution in [3.8, 4) is 0 Å². The Balaban J connectivity index is 3.53. The number of carboxylic acid groups (broad SMARTS) is 1. The quantitative estimate of drug-likeness (QED) is 0.482. The van der Waals surface area contributed by atoms with Gasteiger partial charge in [-0.15, -0.1) is 0 Å². The van der Waals surface area contributed by atoms with Gasteiger partial charge < -0.3 is 21.1 Å². The molecule has 6 heteroatoms. The Bertz CT molecular complexity index is 244. The Kier molecular flexibility index (Phi) is 8.35. The second-order valence-corrected chi connectivity index (χ2v) is 4.34. The Morgan fingerprint density at radius 3 is 2.53 bits per heavy atom. The van der Waals surface area contributed by atoms with Gasteiger partial charge in [0, 0.05) is 13.0 Å². The first-order valence-electron chi connectivity index (χ1n) is 5.83. The van der Waals surface area contributed by atoms with Crippen molar-refractivity contribution in [2.24, 2.45) is 5.73 Å². The van der Waals surface area contributed by atoms with Gasteiger partial charge in [0.25, 0.3) is 0 Å². The maximum absolute atomic E-state index is 11.4. The molecule has 0 fully saturated rings. The van der Waals surface area contributed by atoms with Gasteiger partial charge >= 0.3 is 5.97 Å². The third-order valence-electron chi connectivity index (χ3n) is 2.34. The summed E-state index contributed by atoms with van der Waals surface area (Å²) in [5.41, 5.74) is 5.54. The molecule has 1 amide bonds. The van der Waals surface area contributed by atoms with Crippen LogP contribution >= 0.6 is 0 Å². The van der Waals surface area contributed by atoms with E-state index in [0.717, 1.165) is 19.4 Å². The number of hydrogen-bond donors (Lipinski definition) is 3. The second-order valence-electron chi connectivity index (χ2n) is 4.34. The molecule has 0 heterocycles.